The predicted octanol–water partition coefficient (Wildman–Crippen LogP) is 5.78. The van der Waals surface area contributed by atoms with Crippen LogP contribution >= 0.6 is 0 Å². The van der Waals surface area contributed by atoms with Gasteiger partial charge in [0.2, 0.25) is 0 Å². The molecule has 0 atom stereocenters. The highest BCUT2D eigenvalue weighted by atomic mass is 19.4. The van der Waals surface area contributed by atoms with Crippen molar-refractivity contribution < 1.29 is 13.2 Å². The number of hydrogen-bond donors (Lipinski definition) is 1. The van der Waals surface area contributed by atoms with E-state index >= 15 is 0 Å². The molecule has 0 saturated heterocycles. The summed E-state index contributed by atoms with van der Waals surface area (Å²) in [5, 5.41) is 10.4. The summed E-state index contributed by atoms with van der Waals surface area (Å²) in [6.07, 6.45) is -3.97. The van der Waals surface area contributed by atoms with Gasteiger partial charge in [-0.3, -0.25) is 0 Å². The number of fused-ring (bicyclic) bond motifs is 1. The van der Waals surface area contributed by atoms with E-state index in [4.69, 9.17) is 5.41 Å². The largest absolute Gasteiger partial charge is 0.416 e. The van der Waals surface area contributed by atoms with Crippen LogP contribution in [0.1, 0.15) is 22.3 Å². The average molecular weight is 327 g/mol. The van der Waals surface area contributed by atoms with Crippen molar-refractivity contribution in [2.45, 2.75) is 19.5 Å². The lowest BCUT2D eigenvalue weighted by molar-refractivity contribution is -0.137. The Labute approximate surface area is 138 Å². The van der Waals surface area contributed by atoms with Crippen LogP contribution in [0, 0.1) is 12.3 Å². The van der Waals surface area contributed by atoms with Crippen molar-refractivity contribution in [1.82, 2.24) is 0 Å². The standard InChI is InChI=1S/C20H16F3N/c1-13-2-4-17-11-14(3-5-16(17)10-13)12-19(24)15-6-8-18(9-7-15)20(21,22)23/h2-11,24H,12H2,1H3. The van der Waals surface area contributed by atoms with Crippen LogP contribution in [-0.4, -0.2) is 5.71 Å². The van der Waals surface area contributed by atoms with E-state index in [0.29, 0.717) is 17.7 Å². The van der Waals surface area contributed by atoms with Crippen molar-refractivity contribution in [3.05, 3.63) is 82.9 Å². The molecule has 3 aromatic carbocycles. The molecule has 0 aliphatic carbocycles. The molecule has 3 rings (SSSR count). The number of aryl methyl sites for hydroxylation is 1. The first kappa shape index (κ1) is 16.2. The van der Waals surface area contributed by atoms with Gasteiger partial charge in [-0.05, 0) is 41.0 Å². The zero-order chi connectivity index (χ0) is 17.3. The van der Waals surface area contributed by atoms with Gasteiger partial charge in [-0.25, -0.2) is 0 Å². The van der Waals surface area contributed by atoms with Gasteiger partial charge < -0.3 is 5.41 Å². The molecule has 0 unspecified atom stereocenters. The molecule has 1 nitrogen and oxygen atoms in total. The smallest absolute Gasteiger partial charge is 0.304 e. The van der Waals surface area contributed by atoms with Crippen LogP contribution in [0.5, 0.6) is 0 Å². The molecule has 1 N–H and O–H groups in total. The van der Waals surface area contributed by atoms with Gasteiger partial charge in [-0.15, -0.1) is 0 Å². The molecule has 3 aromatic rings. The molecule has 0 amide bonds. The van der Waals surface area contributed by atoms with Crippen LogP contribution in [0.4, 0.5) is 13.2 Å². The summed E-state index contributed by atoms with van der Waals surface area (Å²) in [5.41, 5.74) is 2.27. The van der Waals surface area contributed by atoms with Crippen molar-refractivity contribution in [3.8, 4) is 0 Å². The van der Waals surface area contributed by atoms with E-state index < -0.39 is 11.7 Å². The van der Waals surface area contributed by atoms with Crippen LogP contribution in [0.2, 0.25) is 0 Å². The van der Waals surface area contributed by atoms with Gasteiger partial charge in [0, 0.05) is 12.1 Å². The van der Waals surface area contributed by atoms with Crippen LogP contribution in [0.15, 0.2) is 60.7 Å². The quantitative estimate of drug-likeness (QED) is 0.590. The Bertz CT molecular complexity index is 893. The van der Waals surface area contributed by atoms with Gasteiger partial charge in [0.15, 0.2) is 0 Å². The summed E-state index contributed by atoms with van der Waals surface area (Å²) in [6, 6.07) is 16.9. The van der Waals surface area contributed by atoms with Gasteiger partial charge in [-0.1, -0.05) is 54.1 Å². The summed E-state index contributed by atoms with van der Waals surface area (Å²) in [6.45, 7) is 2.04. The Morgan fingerprint density at radius 1 is 0.875 bits per heavy atom. The first-order chi connectivity index (χ1) is 11.3. The molecule has 24 heavy (non-hydrogen) atoms. The molecule has 0 aliphatic heterocycles. The molecule has 0 bridgehead atoms. The highest BCUT2D eigenvalue weighted by Crippen LogP contribution is 2.29. The van der Waals surface area contributed by atoms with Crippen molar-refractivity contribution >= 4 is 16.5 Å². The third-order valence-electron chi connectivity index (χ3n) is 4.00. The van der Waals surface area contributed by atoms with Crippen LogP contribution < -0.4 is 0 Å². The van der Waals surface area contributed by atoms with Gasteiger partial charge in [-0.2, -0.15) is 13.2 Å². The van der Waals surface area contributed by atoms with Gasteiger partial charge in [0.1, 0.15) is 0 Å². The monoisotopic (exact) mass is 327 g/mol. The van der Waals surface area contributed by atoms with Crippen molar-refractivity contribution in [3.63, 3.8) is 0 Å². The molecule has 4 heteroatoms. The first-order valence-corrected chi connectivity index (χ1v) is 7.57. The summed E-state index contributed by atoms with van der Waals surface area (Å²) in [7, 11) is 0. The topological polar surface area (TPSA) is 23.9 Å². The van der Waals surface area contributed by atoms with Crippen molar-refractivity contribution in [1.29, 1.82) is 5.41 Å². The molecule has 0 aromatic heterocycles. The zero-order valence-electron chi connectivity index (χ0n) is 13.1. The number of rotatable bonds is 3. The number of benzene rings is 3. The third kappa shape index (κ3) is 3.48. The second-order valence-corrected chi connectivity index (χ2v) is 5.92. The summed E-state index contributed by atoms with van der Waals surface area (Å²) < 4.78 is 37.8. The highest BCUT2D eigenvalue weighted by Gasteiger charge is 2.30. The highest BCUT2D eigenvalue weighted by molar-refractivity contribution is 6.00. The van der Waals surface area contributed by atoms with Gasteiger partial charge in [0.25, 0.3) is 0 Å². The Morgan fingerprint density at radius 2 is 1.50 bits per heavy atom. The Morgan fingerprint density at radius 3 is 2.17 bits per heavy atom. The molecular weight excluding hydrogens is 311 g/mol. The van der Waals surface area contributed by atoms with E-state index in [-0.39, 0.29) is 0 Å². The lowest BCUT2D eigenvalue weighted by Gasteiger charge is -2.09. The van der Waals surface area contributed by atoms with E-state index in [1.165, 1.54) is 17.7 Å². The number of halogens is 3. The predicted molar refractivity (Wildman–Crippen MR) is 90.7 cm³/mol. The maximum atomic E-state index is 12.6. The fraction of sp³-hybridized carbons (Fsp3) is 0.150. The van der Waals surface area contributed by atoms with Crippen LogP contribution in [0.25, 0.3) is 10.8 Å². The fourth-order valence-electron chi connectivity index (χ4n) is 2.69. The van der Waals surface area contributed by atoms with E-state index in [1.54, 1.807) is 0 Å². The first-order valence-electron chi connectivity index (χ1n) is 7.57. The molecule has 0 aliphatic rings. The minimum atomic E-state index is -4.35. The second-order valence-electron chi connectivity index (χ2n) is 5.92. The van der Waals surface area contributed by atoms with Crippen LogP contribution in [0.3, 0.4) is 0 Å². The van der Waals surface area contributed by atoms with Gasteiger partial charge in [0.05, 0.1) is 5.56 Å². The average Bonchev–Trinajstić information content (AvgIpc) is 2.54. The summed E-state index contributed by atoms with van der Waals surface area (Å²) >= 11 is 0. The summed E-state index contributed by atoms with van der Waals surface area (Å²) in [4.78, 5) is 0. The van der Waals surface area contributed by atoms with E-state index in [0.717, 1.165) is 28.5 Å². The Balaban J connectivity index is 1.80. The lowest BCUT2D eigenvalue weighted by Crippen LogP contribution is -2.07. The second kappa shape index (κ2) is 6.11. The van der Waals surface area contributed by atoms with E-state index in [1.807, 2.05) is 37.3 Å². The van der Waals surface area contributed by atoms with E-state index in [2.05, 4.69) is 6.07 Å². The Hall–Kier alpha value is -2.62. The maximum absolute atomic E-state index is 12.6. The molecular formula is C20H16F3N. The number of nitrogens with one attached hydrogen (secondary N) is 1. The normalized spacial score (nSPS) is 11.7. The number of alkyl halides is 3. The lowest BCUT2D eigenvalue weighted by atomic mass is 9.98. The minimum absolute atomic E-state index is 0.301. The molecule has 122 valence electrons. The minimum Gasteiger partial charge on any atom is -0.304 e. The molecule has 0 radical (unpaired) electrons. The fourth-order valence-corrected chi connectivity index (χ4v) is 2.69. The third-order valence-corrected chi connectivity index (χ3v) is 4.00. The number of hydrogen-bond acceptors (Lipinski definition) is 1. The Kier molecular flexibility index (Phi) is 4.14. The summed E-state index contributed by atoms with van der Waals surface area (Å²) in [5.74, 6) is 0. The molecule has 0 spiro atoms. The maximum Gasteiger partial charge on any atom is 0.416 e. The van der Waals surface area contributed by atoms with Gasteiger partial charge >= 0.3 is 6.18 Å². The van der Waals surface area contributed by atoms with E-state index in [9.17, 15) is 13.2 Å². The van der Waals surface area contributed by atoms with Crippen molar-refractivity contribution in [2.75, 3.05) is 0 Å². The SMILES string of the molecule is Cc1ccc2cc(CC(=N)c3ccc(C(F)(F)F)cc3)ccc2c1. The zero-order valence-corrected chi connectivity index (χ0v) is 13.1. The molecule has 0 heterocycles. The van der Waals surface area contributed by atoms with Crippen molar-refractivity contribution in [2.24, 2.45) is 0 Å². The van der Waals surface area contributed by atoms with Crippen LogP contribution in [-0.2, 0) is 12.6 Å². The molecule has 0 saturated carbocycles. The molecule has 0 fully saturated rings.